The van der Waals surface area contributed by atoms with E-state index in [0.717, 1.165) is 17.1 Å². The predicted octanol–water partition coefficient (Wildman–Crippen LogP) is 4.83. The number of thiophene rings is 1. The maximum absolute atomic E-state index is 12.1. The van der Waals surface area contributed by atoms with Gasteiger partial charge < -0.3 is 14.3 Å². The molecule has 0 atom stereocenters. The molecule has 0 fully saturated rings. The van der Waals surface area contributed by atoms with Gasteiger partial charge in [-0.25, -0.2) is 0 Å². The number of aromatic nitrogens is 3. The fourth-order valence-electron chi connectivity index (χ4n) is 3.15. The normalized spacial score (nSPS) is 11.0. The maximum atomic E-state index is 12.1. The third kappa shape index (κ3) is 4.34. The van der Waals surface area contributed by atoms with Crippen LogP contribution < -0.4 is 5.32 Å². The summed E-state index contributed by atoms with van der Waals surface area (Å²) in [5, 5.41) is 14.4. The highest BCUT2D eigenvalue weighted by Crippen LogP contribution is 2.38. The molecule has 0 radical (unpaired) electrons. The van der Waals surface area contributed by atoms with E-state index in [1.807, 2.05) is 17.7 Å². The monoisotopic (exact) mass is 438 g/mol. The number of furan rings is 1. The Balaban J connectivity index is 1.48. The van der Waals surface area contributed by atoms with E-state index in [1.54, 1.807) is 23.7 Å². The van der Waals surface area contributed by atoms with E-state index in [-0.39, 0.29) is 11.7 Å². The number of nitrogens with zero attached hydrogens (tertiary/aromatic N) is 3. The van der Waals surface area contributed by atoms with Gasteiger partial charge in [0.05, 0.1) is 18.6 Å². The Morgan fingerprint density at radius 1 is 1.20 bits per heavy atom. The van der Waals surface area contributed by atoms with E-state index in [2.05, 4.69) is 59.0 Å². The Morgan fingerprint density at radius 3 is 2.73 bits per heavy atom. The van der Waals surface area contributed by atoms with Crippen molar-refractivity contribution in [1.82, 2.24) is 20.1 Å². The number of aryl methyl sites for hydroxylation is 2. The molecule has 0 saturated heterocycles. The summed E-state index contributed by atoms with van der Waals surface area (Å²) in [4.78, 5) is 13.4. The fraction of sp³-hybridized carbons (Fsp3) is 0.227. The third-order valence-electron chi connectivity index (χ3n) is 4.76. The van der Waals surface area contributed by atoms with Crippen LogP contribution in [0.5, 0.6) is 0 Å². The van der Waals surface area contributed by atoms with Crippen LogP contribution in [0.25, 0.3) is 22.5 Å². The molecular weight excluding hydrogens is 416 g/mol. The van der Waals surface area contributed by atoms with Crippen LogP contribution >= 0.6 is 23.1 Å². The lowest BCUT2D eigenvalue weighted by atomic mass is 10.0. The van der Waals surface area contributed by atoms with Crippen LogP contribution in [0.15, 0.2) is 57.6 Å². The number of rotatable bonds is 7. The molecule has 0 saturated carbocycles. The van der Waals surface area contributed by atoms with Gasteiger partial charge in [0, 0.05) is 28.4 Å². The second-order valence-corrected chi connectivity index (χ2v) is 8.98. The van der Waals surface area contributed by atoms with Crippen LogP contribution in [-0.4, -0.2) is 26.4 Å². The summed E-state index contributed by atoms with van der Waals surface area (Å²) >= 11 is 3.07. The molecule has 30 heavy (non-hydrogen) atoms. The lowest BCUT2D eigenvalue weighted by Gasteiger charge is -2.08. The average Bonchev–Trinajstić information content (AvgIpc) is 3.46. The van der Waals surface area contributed by atoms with Gasteiger partial charge in [-0.05, 0) is 31.5 Å². The van der Waals surface area contributed by atoms with Crippen LogP contribution in [0.1, 0.15) is 16.2 Å². The first-order valence-electron chi connectivity index (χ1n) is 9.49. The van der Waals surface area contributed by atoms with Gasteiger partial charge in [0.1, 0.15) is 5.76 Å². The number of hydrogen-bond acceptors (Lipinski definition) is 6. The standard InChI is InChI=1S/C22H22N4O2S2/c1-14-6-8-16(9-7-14)20-15(2)29-12-18(20)21-24-25-22(26(21)3)30-13-19(27)23-11-17-5-4-10-28-17/h4-10,12H,11,13H2,1-3H3,(H,23,27). The van der Waals surface area contributed by atoms with Gasteiger partial charge >= 0.3 is 0 Å². The SMILES string of the molecule is Cc1ccc(-c2c(-c3nnc(SCC(=O)NCc4ccco4)n3C)csc2C)cc1. The highest BCUT2D eigenvalue weighted by molar-refractivity contribution is 7.99. The first kappa shape index (κ1) is 20.4. The molecule has 0 spiro atoms. The number of thioether (sulfide) groups is 1. The van der Waals surface area contributed by atoms with E-state index < -0.39 is 0 Å². The van der Waals surface area contributed by atoms with Gasteiger partial charge in [-0.2, -0.15) is 0 Å². The molecule has 8 heteroatoms. The maximum Gasteiger partial charge on any atom is 0.230 e. The lowest BCUT2D eigenvalue weighted by molar-refractivity contribution is -0.118. The Bertz CT molecular complexity index is 1140. The number of carbonyl (C=O) groups is 1. The van der Waals surface area contributed by atoms with Crippen molar-refractivity contribution in [2.24, 2.45) is 7.05 Å². The second-order valence-electron chi connectivity index (χ2n) is 6.96. The Hall–Kier alpha value is -2.84. The number of amides is 1. The van der Waals surface area contributed by atoms with Gasteiger partial charge in [0.2, 0.25) is 5.91 Å². The van der Waals surface area contributed by atoms with E-state index in [0.29, 0.717) is 11.7 Å². The van der Waals surface area contributed by atoms with Crippen LogP contribution in [0.4, 0.5) is 0 Å². The van der Waals surface area contributed by atoms with Crippen molar-refractivity contribution < 1.29 is 9.21 Å². The van der Waals surface area contributed by atoms with Crippen molar-refractivity contribution in [2.75, 3.05) is 5.75 Å². The molecule has 0 unspecified atom stereocenters. The summed E-state index contributed by atoms with van der Waals surface area (Å²) in [6, 6.07) is 12.2. The smallest absolute Gasteiger partial charge is 0.230 e. The molecule has 6 nitrogen and oxygen atoms in total. The topological polar surface area (TPSA) is 73.0 Å². The fourth-order valence-corrected chi connectivity index (χ4v) is 4.76. The van der Waals surface area contributed by atoms with Crippen molar-refractivity contribution in [1.29, 1.82) is 0 Å². The van der Waals surface area contributed by atoms with E-state index in [4.69, 9.17) is 4.42 Å². The van der Waals surface area contributed by atoms with Crippen LogP contribution in [-0.2, 0) is 18.4 Å². The van der Waals surface area contributed by atoms with Crippen molar-refractivity contribution >= 4 is 29.0 Å². The van der Waals surface area contributed by atoms with Gasteiger partial charge in [-0.3, -0.25) is 4.79 Å². The largest absolute Gasteiger partial charge is 0.467 e. The summed E-state index contributed by atoms with van der Waals surface area (Å²) in [5.74, 6) is 1.71. The minimum absolute atomic E-state index is 0.0762. The van der Waals surface area contributed by atoms with Gasteiger partial charge in [0.25, 0.3) is 0 Å². The molecule has 3 aromatic heterocycles. The second kappa shape index (κ2) is 8.89. The molecule has 0 bridgehead atoms. The summed E-state index contributed by atoms with van der Waals surface area (Å²) in [5.41, 5.74) is 4.65. The summed E-state index contributed by atoms with van der Waals surface area (Å²) < 4.78 is 7.18. The molecule has 1 amide bonds. The average molecular weight is 439 g/mol. The number of benzene rings is 1. The molecule has 1 aromatic carbocycles. The molecule has 3 heterocycles. The van der Waals surface area contributed by atoms with Crippen LogP contribution in [0.3, 0.4) is 0 Å². The molecule has 4 rings (SSSR count). The minimum atomic E-state index is -0.0762. The molecule has 0 aliphatic heterocycles. The number of hydrogen-bond donors (Lipinski definition) is 1. The summed E-state index contributed by atoms with van der Waals surface area (Å²) in [6.45, 7) is 4.59. The summed E-state index contributed by atoms with van der Waals surface area (Å²) in [7, 11) is 1.93. The highest BCUT2D eigenvalue weighted by atomic mass is 32.2. The quantitative estimate of drug-likeness (QED) is 0.419. The molecule has 0 aliphatic carbocycles. The van der Waals surface area contributed by atoms with Crippen LogP contribution in [0, 0.1) is 13.8 Å². The number of nitrogens with one attached hydrogen (secondary N) is 1. The van der Waals surface area contributed by atoms with E-state index in [9.17, 15) is 4.79 Å². The van der Waals surface area contributed by atoms with Crippen molar-refractivity contribution in [2.45, 2.75) is 25.5 Å². The zero-order chi connectivity index (χ0) is 21.1. The zero-order valence-corrected chi connectivity index (χ0v) is 18.6. The lowest BCUT2D eigenvalue weighted by Crippen LogP contribution is -2.24. The molecular formula is C22H22N4O2S2. The zero-order valence-electron chi connectivity index (χ0n) is 17.0. The molecule has 154 valence electrons. The predicted molar refractivity (Wildman–Crippen MR) is 121 cm³/mol. The van der Waals surface area contributed by atoms with Gasteiger partial charge in [-0.1, -0.05) is 41.6 Å². The van der Waals surface area contributed by atoms with Crippen molar-refractivity contribution in [3.63, 3.8) is 0 Å². The third-order valence-corrected chi connectivity index (χ3v) is 6.69. The van der Waals surface area contributed by atoms with E-state index >= 15 is 0 Å². The Morgan fingerprint density at radius 2 is 2.00 bits per heavy atom. The van der Waals surface area contributed by atoms with Gasteiger partial charge in [0.15, 0.2) is 11.0 Å². The summed E-state index contributed by atoms with van der Waals surface area (Å²) in [6.07, 6.45) is 1.59. The Kier molecular flexibility index (Phi) is 6.06. The van der Waals surface area contributed by atoms with Crippen LogP contribution in [0.2, 0.25) is 0 Å². The first-order chi connectivity index (χ1) is 14.5. The molecule has 1 N–H and O–H groups in total. The highest BCUT2D eigenvalue weighted by Gasteiger charge is 2.19. The number of carbonyl (C=O) groups excluding carboxylic acids is 1. The molecule has 0 aliphatic rings. The van der Waals surface area contributed by atoms with Crippen molar-refractivity contribution in [3.8, 4) is 22.5 Å². The molecule has 4 aromatic rings. The van der Waals surface area contributed by atoms with Gasteiger partial charge in [-0.15, -0.1) is 21.5 Å². The minimum Gasteiger partial charge on any atom is -0.467 e. The van der Waals surface area contributed by atoms with Crippen molar-refractivity contribution in [3.05, 3.63) is 64.2 Å². The Labute approximate surface area is 183 Å². The first-order valence-corrected chi connectivity index (χ1v) is 11.4. The van der Waals surface area contributed by atoms with E-state index in [1.165, 1.54) is 33.3 Å².